The molecule has 0 radical (unpaired) electrons. The molecule has 1 rings (SSSR count). The third kappa shape index (κ3) is 2.22. The Morgan fingerprint density at radius 3 is 2.83 bits per heavy atom. The summed E-state index contributed by atoms with van der Waals surface area (Å²) >= 11 is 0. The average Bonchev–Trinajstić information content (AvgIpc) is 2.07. The van der Waals surface area contributed by atoms with Gasteiger partial charge in [0.1, 0.15) is 5.75 Å². The number of aryl methyl sites for hydroxylation is 2. The van der Waals surface area contributed by atoms with Crippen molar-refractivity contribution in [1.82, 2.24) is 0 Å². The van der Waals surface area contributed by atoms with E-state index >= 15 is 0 Å². The van der Waals surface area contributed by atoms with E-state index in [4.69, 9.17) is 0 Å². The summed E-state index contributed by atoms with van der Waals surface area (Å²) in [6.07, 6.45) is 1.10. The van der Waals surface area contributed by atoms with Gasteiger partial charge < -0.3 is 5.11 Å². The van der Waals surface area contributed by atoms with Gasteiger partial charge in [0, 0.05) is 0 Å². The average molecular weight is 168 g/mol. The number of benzene rings is 1. The van der Waals surface area contributed by atoms with E-state index in [-0.39, 0.29) is 12.4 Å². The molecule has 0 heterocycles. The number of halogens is 1. The van der Waals surface area contributed by atoms with Crippen LogP contribution in [0.4, 0.5) is 4.39 Å². The molecule has 0 bridgehead atoms. The molecule has 0 saturated carbocycles. The van der Waals surface area contributed by atoms with Crippen molar-refractivity contribution in [3.8, 4) is 5.75 Å². The minimum atomic E-state index is -0.326. The SMILES string of the molecule is Cc1ccc(O)c(CCCF)c1. The van der Waals surface area contributed by atoms with E-state index in [2.05, 4.69) is 0 Å². The predicted octanol–water partition coefficient (Wildman–Crippen LogP) is 2.60. The molecule has 66 valence electrons. The lowest BCUT2D eigenvalue weighted by atomic mass is 10.1. The molecule has 0 atom stereocenters. The summed E-state index contributed by atoms with van der Waals surface area (Å²) in [6.45, 7) is 1.63. The number of phenols is 1. The van der Waals surface area contributed by atoms with Crippen LogP contribution in [0, 0.1) is 6.92 Å². The Hall–Kier alpha value is -1.05. The Morgan fingerprint density at radius 2 is 2.17 bits per heavy atom. The summed E-state index contributed by atoms with van der Waals surface area (Å²) in [5.74, 6) is 0.272. The Labute approximate surface area is 71.9 Å². The second kappa shape index (κ2) is 4.10. The zero-order valence-electron chi connectivity index (χ0n) is 7.18. The smallest absolute Gasteiger partial charge is 0.118 e. The van der Waals surface area contributed by atoms with Gasteiger partial charge in [-0.15, -0.1) is 0 Å². The van der Waals surface area contributed by atoms with Crippen molar-refractivity contribution in [2.45, 2.75) is 19.8 Å². The summed E-state index contributed by atoms with van der Waals surface area (Å²) in [5.41, 5.74) is 1.94. The first-order chi connectivity index (χ1) is 5.74. The van der Waals surface area contributed by atoms with Crippen LogP contribution in [0.15, 0.2) is 18.2 Å². The summed E-state index contributed by atoms with van der Waals surface area (Å²) in [4.78, 5) is 0. The van der Waals surface area contributed by atoms with Gasteiger partial charge in [-0.25, -0.2) is 0 Å². The molecule has 0 unspecified atom stereocenters. The largest absolute Gasteiger partial charge is 0.508 e. The van der Waals surface area contributed by atoms with Crippen molar-refractivity contribution >= 4 is 0 Å². The van der Waals surface area contributed by atoms with Gasteiger partial charge >= 0.3 is 0 Å². The molecule has 0 aliphatic heterocycles. The van der Waals surface area contributed by atoms with Crippen molar-refractivity contribution in [1.29, 1.82) is 0 Å². The number of hydrogen-bond acceptors (Lipinski definition) is 1. The fourth-order valence-corrected chi connectivity index (χ4v) is 1.17. The number of hydrogen-bond donors (Lipinski definition) is 1. The topological polar surface area (TPSA) is 20.2 Å². The second-order valence-electron chi connectivity index (χ2n) is 2.92. The lowest BCUT2D eigenvalue weighted by Gasteiger charge is -2.03. The Bertz CT molecular complexity index is 258. The molecule has 2 heteroatoms. The first kappa shape index (κ1) is 9.04. The van der Waals surface area contributed by atoms with Crippen molar-refractivity contribution < 1.29 is 9.50 Å². The maximum absolute atomic E-state index is 11.8. The number of rotatable bonds is 3. The van der Waals surface area contributed by atoms with Gasteiger partial charge in [-0.05, 0) is 31.4 Å². The fourth-order valence-electron chi connectivity index (χ4n) is 1.17. The molecule has 0 saturated heterocycles. The third-order valence-electron chi connectivity index (χ3n) is 1.81. The molecule has 0 fully saturated rings. The van der Waals surface area contributed by atoms with E-state index in [1.165, 1.54) is 0 Å². The van der Waals surface area contributed by atoms with Crippen LogP contribution in [-0.2, 0) is 6.42 Å². The van der Waals surface area contributed by atoms with E-state index in [1.54, 1.807) is 6.07 Å². The first-order valence-electron chi connectivity index (χ1n) is 4.08. The molecule has 0 amide bonds. The minimum Gasteiger partial charge on any atom is -0.508 e. The van der Waals surface area contributed by atoms with Crippen LogP contribution in [-0.4, -0.2) is 11.8 Å². The molecule has 12 heavy (non-hydrogen) atoms. The van der Waals surface area contributed by atoms with Crippen LogP contribution in [0.25, 0.3) is 0 Å². The summed E-state index contributed by atoms with van der Waals surface area (Å²) < 4.78 is 11.8. The predicted molar refractivity (Wildman–Crippen MR) is 47.1 cm³/mol. The highest BCUT2D eigenvalue weighted by molar-refractivity contribution is 5.35. The first-order valence-corrected chi connectivity index (χ1v) is 4.08. The van der Waals surface area contributed by atoms with Crippen molar-refractivity contribution in [2.24, 2.45) is 0 Å². The van der Waals surface area contributed by atoms with Gasteiger partial charge in [0.05, 0.1) is 6.67 Å². The highest BCUT2D eigenvalue weighted by Crippen LogP contribution is 2.19. The summed E-state index contributed by atoms with van der Waals surface area (Å²) in [6, 6.07) is 5.39. The quantitative estimate of drug-likeness (QED) is 0.735. The van der Waals surface area contributed by atoms with Crippen LogP contribution in [0.3, 0.4) is 0 Å². The maximum atomic E-state index is 11.8. The molecular formula is C10H13FO. The van der Waals surface area contributed by atoms with Crippen LogP contribution in [0.1, 0.15) is 17.5 Å². The van der Waals surface area contributed by atoms with Crippen LogP contribution in [0.5, 0.6) is 5.75 Å². The number of aromatic hydroxyl groups is 1. The normalized spacial score (nSPS) is 10.2. The van der Waals surface area contributed by atoms with Crippen LogP contribution in [0.2, 0.25) is 0 Å². The molecule has 0 aliphatic carbocycles. The van der Waals surface area contributed by atoms with Crippen LogP contribution < -0.4 is 0 Å². The van der Waals surface area contributed by atoms with Crippen molar-refractivity contribution in [3.63, 3.8) is 0 Å². The zero-order valence-corrected chi connectivity index (χ0v) is 7.18. The zero-order chi connectivity index (χ0) is 8.97. The van der Waals surface area contributed by atoms with E-state index < -0.39 is 0 Å². The second-order valence-corrected chi connectivity index (χ2v) is 2.92. The van der Waals surface area contributed by atoms with Crippen LogP contribution >= 0.6 is 0 Å². The minimum absolute atomic E-state index is 0.272. The molecule has 1 nitrogen and oxygen atoms in total. The monoisotopic (exact) mass is 168 g/mol. The van der Waals surface area contributed by atoms with Gasteiger partial charge in [0.15, 0.2) is 0 Å². The van der Waals surface area contributed by atoms with Gasteiger partial charge in [-0.1, -0.05) is 17.7 Å². The maximum Gasteiger partial charge on any atom is 0.118 e. The number of phenolic OH excluding ortho intramolecular Hbond substituents is 1. The highest BCUT2D eigenvalue weighted by Gasteiger charge is 2.00. The Kier molecular flexibility index (Phi) is 3.09. The molecule has 1 aromatic rings. The summed E-state index contributed by atoms with van der Waals surface area (Å²) in [5, 5.41) is 9.34. The van der Waals surface area contributed by atoms with Crippen molar-refractivity contribution in [2.75, 3.05) is 6.67 Å². The van der Waals surface area contributed by atoms with Gasteiger partial charge in [-0.3, -0.25) is 4.39 Å². The molecule has 0 aliphatic rings. The standard InChI is InChI=1S/C10H13FO/c1-8-4-5-10(12)9(7-8)3-2-6-11/h4-5,7,12H,2-3,6H2,1H3. The molecular weight excluding hydrogens is 155 g/mol. The van der Waals surface area contributed by atoms with E-state index in [0.29, 0.717) is 12.8 Å². The van der Waals surface area contributed by atoms with Gasteiger partial charge in [0.25, 0.3) is 0 Å². The molecule has 1 aromatic carbocycles. The van der Waals surface area contributed by atoms with E-state index in [0.717, 1.165) is 11.1 Å². The van der Waals surface area contributed by atoms with E-state index in [9.17, 15) is 9.50 Å². The number of alkyl halides is 1. The summed E-state index contributed by atoms with van der Waals surface area (Å²) in [7, 11) is 0. The molecule has 0 aromatic heterocycles. The van der Waals surface area contributed by atoms with Gasteiger partial charge in [0.2, 0.25) is 0 Å². The lowest BCUT2D eigenvalue weighted by molar-refractivity contribution is 0.452. The Balaban J connectivity index is 2.75. The Morgan fingerprint density at radius 1 is 1.42 bits per heavy atom. The molecule has 0 spiro atoms. The highest BCUT2D eigenvalue weighted by atomic mass is 19.1. The molecule has 1 N–H and O–H groups in total. The van der Waals surface area contributed by atoms with E-state index in [1.807, 2.05) is 19.1 Å². The third-order valence-corrected chi connectivity index (χ3v) is 1.81. The fraction of sp³-hybridized carbons (Fsp3) is 0.400. The lowest BCUT2D eigenvalue weighted by Crippen LogP contribution is -1.88. The van der Waals surface area contributed by atoms with Crippen molar-refractivity contribution in [3.05, 3.63) is 29.3 Å². The van der Waals surface area contributed by atoms with Gasteiger partial charge in [-0.2, -0.15) is 0 Å².